The van der Waals surface area contributed by atoms with E-state index in [1.54, 1.807) is 6.08 Å². The first-order valence-corrected chi connectivity index (χ1v) is 10.2. The molecule has 3 rings (SSSR count). The zero-order valence-electron chi connectivity index (χ0n) is 17.0. The summed E-state index contributed by atoms with van der Waals surface area (Å²) in [6, 6.07) is 0. The largest absolute Gasteiger partial charge is 0.458 e. The normalized spacial score (nSPS) is 30.2. The Labute approximate surface area is 166 Å². The molecule has 0 aromatic rings. The number of allylic oxidation sites excluding steroid dienone is 4. The number of cyclic esters (lactones) is 1. The average molecular weight is 386 g/mol. The summed E-state index contributed by atoms with van der Waals surface area (Å²) in [7, 11) is 0. The second kappa shape index (κ2) is 8.46. The van der Waals surface area contributed by atoms with Gasteiger partial charge in [0.1, 0.15) is 12.2 Å². The van der Waals surface area contributed by atoms with Gasteiger partial charge < -0.3 is 9.47 Å². The van der Waals surface area contributed by atoms with Crippen molar-refractivity contribution in [3.63, 3.8) is 0 Å². The van der Waals surface area contributed by atoms with Crippen molar-refractivity contribution in [2.45, 2.75) is 77.9 Å². The standard InChI is InChI=1S/C23H30O5/c1-15(2)6-4-7-16(3)12-20-23(14-21(25)28-20)13-18(10-11-19(23)24)27-22(26)17-8-5-9-17/h6,10-12,17-18,20H,4-5,7-9,13-14H2,1-3H3/b16-12+/t18-,20-,23?/m1/s1. The minimum absolute atomic E-state index is 0.0172. The lowest BCUT2D eigenvalue weighted by molar-refractivity contribution is -0.158. The Morgan fingerprint density at radius 3 is 2.68 bits per heavy atom. The van der Waals surface area contributed by atoms with Crippen LogP contribution in [0.4, 0.5) is 0 Å². The SMILES string of the molecule is CC(C)=CCC/C(C)=C/[C@H]1OC(=O)CC12C[C@H](OC(=O)C1CCC1)C=CC2=O. The highest BCUT2D eigenvalue weighted by Crippen LogP contribution is 2.45. The molecule has 0 aromatic carbocycles. The van der Waals surface area contributed by atoms with E-state index in [0.29, 0.717) is 6.42 Å². The third-order valence-electron chi connectivity index (χ3n) is 6.01. The number of esters is 2. The molecule has 152 valence electrons. The van der Waals surface area contributed by atoms with Crippen LogP contribution in [0.15, 0.2) is 35.5 Å². The lowest BCUT2D eigenvalue weighted by atomic mass is 9.69. The molecule has 28 heavy (non-hydrogen) atoms. The smallest absolute Gasteiger partial charge is 0.309 e. The van der Waals surface area contributed by atoms with Gasteiger partial charge >= 0.3 is 11.9 Å². The molecule has 0 N–H and O–H groups in total. The Balaban J connectivity index is 1.73. The lowest BCUT2D eigenvalue weighted by Gasteiger charge is -2.35. The van der Waals surface area contributed by atoms with E-state index < -0.39 is 17.6 Å². The van der Waals surface area contributed by atoms with Gasteiger partial charge in [-0.1, -0.05) is 23.6 Å². The molecule has 1 heterocycles. The maximum Gasteiger partial charge on any atom is 0.309 e. The Morgan fingerprint density at radius 1 is 1.29 bits per heavy atom. The van der Waals surface area contributed by atoms with E-state index in [1.807, 2.05) is 13.0 Å². The second-order valence-corrected chi connectivity index (χ2v) is 8.61. The molecule has 0 radical (unpaired) electrons. The Kier molecular flexibility index (Phi) is 6.21. The fraction of sp³-hybridized carbons (Fsp3) is 0.609. The number of ether oxygens (including phenoxy) is 2. The van der Waals surface area contributed by atoms with Crippen molar-refractivity contribution in [3.8, 4) is 0 Å². The van der Waals surface area contributed by atoms with Crippen molar-refractivity contribution in [1.29, 1.82) is 0 Å². The predicted molar refractivity (Wildman–Crippen MR) is 105 cm³/mol. The maximum atomic E-state index is 12.8. The van der Waals surface area contributed by atoms with E-state index in [0.717, 1.165) is 37.7 Å². The Hall–Kier alpha value is -2.17. The highest BCUT2D eigenvalue weighted by molar-refractivity contribution is 6.00. The van der Waals surface area contributed by atoms with Gasteiger partial charge in [0.15, 0.2) is 5.78 Å². The molecule has 1 aliphatic heterocycles. The molecule has 0 amide bonds. The highest BCUT2D eigenvalue weighted by Gasteiger charge is 2.55. The second-order valence-electron chi connectivity index (χ2n) is 8.61. The van der Waals surface area contributed by atoms with Crippen LogP contribution < -0.4 is 0 Å². The minimum atomic E-state index is -0.964. The first-order valence-electron chi connectivity index (χ1n) is 10.2. The van der Waals surface area contributed by atoms with E-state index in [4.69, 9.17) is 9.47 Å². The van der Waals surface area contributed by atoms with Crippen LogP contribution in [-0.2, 0) is 23.9 Å². The van der Waals surface area contributed by atoms with Crippen LogP contribution >= 0.6 is 0 Å². The number of hydrogen-bond donors (Lipinski definition) is 0. The van der Waals surface area contributed by atoms with Crippen molar-refractivity contribution in [2.75, 3.05) is 0 Å². The summed E-state index contributed by atoms with van der Waals surface area (Å²) >= 11 is 0. The number of carbonyl (C=O) groups excluding carboxylic acids is 3. The summed E-state index contributed by atoms with van der Waals surface area (Å²) in [4.78, 5) is 37.1. The molecule has 3 aliphatic rings. The number of ketones is 1. The molecular weight excluding hydrogens is 356 g/mol. The van der Waals surface area contributed by atoms with Crippen molar-refractivity contribution < 1.29 is 23.9 Å². The van der Waals surface area contributed by atoms with Gasteiger partial charge in [-0.25, -0.2) is 0 Å². The molecule has 1 saturated carbocycles. The van der Waals surface area contributed by atoms with Gasteiger partial charge in [0.2, 0.25) is 0 Å². The molecule has 1 unspecified atom stereocenters. The lowest BCUT2D eigenvalue weighted by Crippen LogP contribution is -2.44. The topological polar surface area (TPSA) is 69.7 Å². The molecule has 2 fully saturated rings. The minimum Gasteiger partial charge on any atom is -0.458 e. The molecule has 0 bridgehead atoms. The van der Waals surface area contributed by atoms with Crippen molar-refractivity contribution in [1.82, 2.24) is 0 Å². The zero-order chi connectivity index (χ0) is 20.3. The van der Waals surface area contributed by atoms with E-state index in [2.05, 4.69) is 19.9 Å². The Morgan fingerprint density at radius 2 is 2.04 bits per heavy atom. The number of carbonyl (C=O) groups is 3. The van der Waals surface area contributed by atoms with Gasteiger partial charge in [0.05, 0.1) is 17.8 Å². The number of rotatable bonds is 6. The van der Waals surface area contributed by atoms with Crippen LogP contribution in [0.25, 0.3) is 0 Å². The fourth-order valence-electron chi connectivity index (χ4n) is 4.05. The quantitative estimate of drug-likeness (QED) is 0.505. The average Bonchev–Trinajstić information content (AvgIpc) is 2.85. The third-order valence-corrected chi connectivity index (χ3v) is 6.01. The van der Waals surface area contributed by atoms with Gasteiger partial charge in [-0.2, -0.15) is 0 Å². The third kappa shape index (κ3) is 4.45. The summed E-state index contributed by atoms with van der Waals surface area (Å²) in [5, 5.41) is 0. The first kappa shape index (κ1) is 20.6. The van der Waals surface area contributed by atoms with Crippen molar-refractivity contribution in [3.05, 3.63) is 35.5 Å². The summed E-state index contributed by atoms with van der Waals surface area (Å²) in [6.45, 7) is 6.12. The van der Waals surface area contributed by atoms with Crippen LogP contribution in [0.2, 0.25) is 0 Å². The number of hydrogen-bond acceptors (Lipinski definition) is 5. The molecule has 1 saturated heterocycles. The fourth-order valence-corrected chi connectivity index (χ4v) is 4.05. The molecular formula is C23H30O5. The summed E-state index contributed by atoms with van der Waals surface area (Å²) < 4.78 is 11.2. The Bertz CT molecular complexity index is 736. The van der Waals surface area contributed by atoms with E-state index in [1.165, 1.54) is 11.6 Å². The van der Waals surface area contributed by atoms with Crippen LogP contribution in [0.5, 0.6) is 0 Å². The van der Waals surface area contributed by atoms with Crippen LogP contribution in [0.1, 0.15) is 65.7 Å². The van der Waals surface area contributed by atoms with Gasteiger partial charge in [0, 0.05) is 6.42 Å². The summed E-state index contributed by atoms with van der Waals surface area (Å²) in [5.41, 5.74) is 1.39. The van der Waals surface area contributed by atoms with Gasteiger partial charge in [0.25, 0.3) is 0 Å². The molecule has 3 atom stereocenters. The van der Waals surface area contributed by atoms with E-state index in [9.17, 15) is 14.4 Å². The van der Waals surface area contributed by atoms with Crippen molar-refractivity contribution in [2.24, 2.45) is 11.3 Å². The zero-order valence-corrected chi connectivity index (χ0v) is 17.0. The van der Waals surface area contributed by atoms with Crippen LogP contribution in [-0.4, -0.2) is 29.9 Å². The van der Waals surface area contributed by atoms with Crippen LogP contribution in [0, 0.1) is 11.3 Å². The molecule has 5 heteroatoms. The first-order chi connectivity index (χ1) is 13.3. The van der Waals surface area contributed by atoms with Gasteiger partial charge in [-0.15, -0.1) is 0 Å². The molecule has 1 spiro atoms. The molecule has 5 nitrogen and oxygen atoms in total. The summed E-state index contributed by atoms with van der Waals surface area (Å²) in [5.74, 6) is -0.698. The van der Waals surface area contributed by atoms with Crippen molar-refractivity contribution >= 4 is 17.7 Å². The van der Waals surface area contributed by atoms with E-state index in [-0.39, 0.29) is 30.1 Å². The molecule has 2 aliphatic carbocycles. The van der Waals surface area contributed by atoms with Crippen LogP contribution in [0.3, 0.4) is 0 Å². The predicted octanol–water partition coefficient (Wildman–Crippen LogP) is 4.22. The summed E-state index contributed by atoms with van der Waals surface area (Å²) in [6.07, 6.45) is 11.0. The monoisotopic (exact) mass is 386 g/mol. The van der Waals surface area contributed by atoms with Gasteiger partial charge in [-0.05, 0) is 64.7 Å². The van der Waals surface area contributed by atoms with Gasteiger partial charge in [-0.3, -0.25) is 14.4 Å². The molecule has 0 aromatic heterocycles. The maximum absolute atomic E-state index is 12.8. The van der Waals surface area contributed by atoms with E-state index >= 15 is 0 Å². The highest BCUT2D eigenvalue weighted by atomic mass is 16.6.